The maximum Gasteiger partial charge on any atom is 0.316 e. The molecule has 0 spiro atoms. The van der Waals surface area contributed by atoms with Gasteiger partial charge in [-0.15, -0.1) is 11.8 Å². The van der Waals surface area contributed by atoms with Crippen LogP contribution in [0.4, 0.5) is 0 Å². The monoisotopic (exact) mass is 377 g/mol. The van der Waals surface area contributed by atoms with Gasteiger partial charge in [0.1, 0.15) is 0 Å². The van der Waals surface area contributed by atoms with Crippen LogP contribution in [0.15, 0.2) is 53.4 Å². The van der Waals surface area contributed by atoms with Crippen molar-refractivity contribution in [2.24, 2.45) is 0 Å². The summed E-state index contributed by atoms with van der Waals surface area (Å²) < 4.78 is 4.99. The SMILES string of the molecule is Cc1ccccc1SCC(=O)OCC(=O)NCCc1ccc(Cl)cc1. The molecule has 0 bridgehead atoms. The number of aryl methyl sites for hydroxylation is 1. The number of ether oxygens (including phenoxy) is 1. The number of nitrogens with one attached hydrogen (secondary N) is 1. The molecule has 0 atom stereocenters. The Morgan fingerprint density at radius 2 is 1.84 bits per heavy atom. The molecule has 1 N–H and O–H groups in total. The molecule has 132 valence electrons. The van der Waals surface area contributed by atoms with Crippen molar-refractivity contribution in [3.05, 3.63) is 64.7 Å². The summed E-state index contributed by atoms with van der Waals surface area (Å²) in [5.74, 6) is -0.521. The first-order valence-corrected chi connectivity index (χ1v) is 9.26. The van der Waals surface area contributed by atoms with E-state index in [1.807, 2.05) is 55.5 Å². The molecule has 0 aliphatic heterocycles. The molecule has 1 amide bonds. The third-order valence-corrected chi connectivity index (χ3v) is 4.85. The molecule has 0 fully saturated rings. The minimum atomic E-state index is -0.402. The second-order valence-electron chi connectivity index (χ2n) is 5.44. The highest BCUT2D eigenvalue weighted by molar-refractivity contribution is 8.00. The Kier molecular flexibility index (Phi) is 7.82. The molecule has 0 heterocycles. The highest BCUT2D eigenvalue weighted by Gasteiger charge is 2.09. The molecule has 0 radical (unpaired) electrons. The number of esters is 1. The molecule has 0 saturated carbocycles. The molecule has 0 aliphatic carbocycles. The number of hydrogen-bond donors (Lipinski definition) is 1. The van der Waals surface area contributed by atoms with Crippen molar-refractivity contribution in [1.29, 1.82) is 0 Å². The number of benzene rings is 2. The minimum absolute atomic E-state index is 0.183. The maximum atomic E-state index is 11.7. The smallest absolute Gasteiger partial charge is 0.316 e. The normalized spacial score (nSPS) is 10.3. The van der Waals surface area contributed by atoms with Crippen molar-refractivity contribution >= 4 is 35.2 Å². The Bertz CT molecular complexity index is 719. The minimum Gasteiger partial charge on any atom is -0.455 e. The van der Waals surface area contributed by atoms with Crippen molar-refractivity contribution in [3.8, 4) is 0 Å². The Morgan fingerprint density at radius 3 is 2.56 bits per heavy atom. The summed E-state index contributed by atoms with van der Waals surface area (Å²) in [4.78, 5) is 24.5. The van der Waals surface area contributed by atoms with Crippen molar-refractivity contribution in [3.63, 3.8) is 0 Å². The van der Waals surface area contributed by atoms with Gasteiger partial charge in [0.2, 0.25) is 0 Å². The molecule has 2 rings (SSSR count). The van der Waals surface area contributed by atoms with Crippen molar-refractivity contribution in [2.75, 3.05) is 18.9 Å². The highest BCUT2D eigenvalue weighted by Crippen LogP contribution is 2.21. The summed E-state index contributed by atoms with van der Waals surface area (Å²) in [6.07, 6.45) is 0.694. The maximum absolute atomic E-state index is 11.7. The van der Waals surface area contributed by atoms with Crippen LogP contribution in [-0.4, -0.2) is 30.8 Å². The molecular weight excluding hydrogens is 358 g/mol. The van der Waals surface area contributed by atoms with E-state index >= 15 is 0 Å². The van der Waals surface area contributed by atoms with E-state index in [0.717, 1.165) is 16.0 Å². The quantitative estimate of drug-likeness (QED) is 0.563. The molecule has 0 saturated heterocycles. The molecule has 2 aromatic carbocycles. The Labute approximate surface area is 156 Å². The number of rotatable bonds is 8. The van der Waals surface area contributed by atoms with Gasteiger partial charge in [-0.25, -0.2) is 0 Å². The van der Waals surface area contributed by atoms with Crippen LogP contribution in [0.3, 0.4) is 0 Å². The molecule has 0 aromatic heterocycles. The van der Waals surface area contributed by atoms with Crippen molar-refractivity contribution < 1.29 is 14.3 Å². The van der Waals surface area contributed by atoms with Crippen LogP contribution < -0.4 is 5.32 Å². The predicted molar refractivity (Wildman–Crippen MR) is 101 cm³/mol. The van der Waals surface area contributed by atoms with Crippen molar-refractivity contribution in [1.82, 2.24) is 5.32 Å². The first-order chi connectivity index (χ1) is 12.0. The molecule has 6 heteroatoms. The van der Waals surface area contributed by atoms with E-state index in [1.54, 1.807) is 0 Å². The zero-order chi connectivity index (χ0) is 18.1. The van der Waals surface area contributed by atoms with Gasteiger partial charge in [0.25, 0.3) is 5.91 Å². The second kappa shape index (κ2) is 10.1. The van der Waals surface area contributed by atoms with E-state index in [0.29, 0.717) is 18.0 Å². The Morgan fingerprint density at radius 1 is 1.12 bits per heavy atom. The van der Waals surface area contributed by atoms with E-state index in [1.165, 1.54) is 11.8 Å². The average Bonchev–Trinajstić information content (AvgIpc) is 2.61. The van der Waals surface area contributed by atoms with E-state index in [4.69, 9.17) is 16.3 Å². The lowest BCUT2D eigenvalue weighted by molar-refractivity contribution is -0.145. The molecule has 4 nitrogen and oxygen atoms in total. The molecule has 0 aliphatic rings. The Hall–Kier alpha value is -1.98. The fourth-order valence-electron chi connectivity index (χ4n) is 2.09. The highest BCUT2D eigenvalue weighted by atomic mass is 35.5. The van der Waals surface area contributed by atoms with Gasteiger partial charge in [0, 0.05) is 16.5 Å². The standard InChI is InChI=1S/C19H20ClNO3S/c1-14-4-2-3-5-17(14)25-13-19(23)24-12-18(22)21-11-10-15-6-8-16(20)9-7-15/h2-9H,10-13H2,1H3,(H,21,22). The molecule has 2 aromatic rings. The summed E-state index contributed by atoms with van der Waals surface area (Å²) in [5.41, 5.74) is 2.19. The van der Waals surface area contributed by atoms with Crippen LogP contribution in [0.1, 0.15) is 11.1 Å². The summed E-state index contributed by atoms with van der Waals surface area (Å²) in [6.45, 7) is 2.21. The number of hydrogen-bond acceptors (Lipinski definition) is 4. The lowest BCUT2D eigenvalue weighted by Gasteiger charge is -2.07. The second-order valence-corrected chi connectivity index (χ2v) is 6.89. The number of carbonyl (C=O) groups excluding carboxylic acids is 2. The summed E-state index contributed by atoms with van der Waals surface area (Å²) in [6, 6.07) is 15.3. The van der Waals surface area contributed by atoms with Crippen LogP contribution in [0, 0.1) is 6.92 Å². The first kappa shape index (κ1) is 19.3. The Balaban J connectivity index is 1.61. The van der Waals surface area contributed by atoms with Gasteiger partial charge in [-0.1, -0.05) is 41.9 Å². The molecule has 25 heavy (non-hydrogen) atoms. The van der Waals surface area contributed by atoms with E-state index < -0.39 is 5.97 Å². The fourth-order valence-corrected chi connectivity index (χ4v) is 3.04. The average molecular weight is 378 g/mol. The van der Waals surface area contributed by atoms with Gasteiger partial charge in [0.05, 0.1) is 5.75 Å². The number of carbonyl (C=O) groups is 2. The predicted octanol–water partition coefficient (Wildman–Crippen LogP) is 3.64. The fraction of sp³-hybridized carbons (Fsp3) is 0.263. The van der Waals surface area contributed by atoms with Gasteiger partial charge in [-0.3, -0.25) is 9.59 Å². The zero-order valence-electron chi connectivity index (χ0n) is 14.0. The molecular formula is C19H20ClNO3S. The van der Waals surface area contributed by atoms with E-state index in [2.05, 4.69) is 5.32 Å². The third-order valence-electron chi connectivity index (χ3n) is 3.45. The first-order valence-electron chi connectivity index (χ1n) is 7.90. The van der Waals surface area contributed by atoms with Crippen molar-refractivity contribution in [2.45, 2.75) is 18.2 Å². The van der Waals surface area contributed by atoms with Crippen LogP contribution in [0.25, 0.3) is 0 Å². The molecule has 0 unspecified atom stereocenters. The zero-order valence-corrected chi connectivity index (χ0v) is 15.5. The number of thioether (sulfide) groups is 1. The van der Waals surface area contributed by atoms with Gasteiger partial charge in [-0.05, 0) is 42.7 Å². The lowest BCUT2D eigenvalue weighted by Crippen LogP contribution is -2.30. The topological polar surface area (TPSA) is 55.4 Å². The summed E-state index contributed by atoms with van der Waals surface area (Å²) in [5, 5.41) is 3.41. The number of halogens is 1. The van der Waals surface area contributed by atoms with Crippen LogP contribution >= 0.6 is 23.4 Å². The van der Waals surface area contributed by atoms with Crippen LogP contribution in [-0.2, 0) is 20.7 Å². The van der Waals surface area contributed by atoms with Gasteiger partial charge < -0.3 is 10.1 Å². The lowest BCUT2D eigenvalue weighted by atomic mass is 10.1. The summed E-state index contributed by atoms with van der Waals surface area (Å²) in [7, 11) is 0. The number of amides is 1. The van der Waals surface area contributed by atoms with E-state index in [9.17, 15) is 9.59 Å². The van der Waals surface area contributed by atoms with E-state index in [-0.39, 0.29) is 18.3 Å². The van der Waals surface area contributed by atoms with Gasteiger partial charge in [0.15, 0.2) is 6.61 Å². The van der Waals surface area contributed by atoms with Gasteiger partial charge >= 0.3 is 5.97 Å². The largest absolute Gasteiger partial charge is 0.455 e. The van der Waals surface area contributed by atoms with Gasteiger partial charge in [-0.2, -0.15) is 0 Å². The summed E-state index contributed by atoms with van der Waals surface area (Å²) >= 11 is 7.23. The third kappa shape index (κ3) is 7.20. The van der Waals surface area contributed by atoms with Crippen LogP contribution in [0.2, 0.25) is 5.02 Å². The van der Waals surface area contributed by atoms with Crippen LogP contribution in [0.5, 0.6) is 0 Å².